The molecule has 6 nitrogen and oxygen atoms in total. The predicted octanol–water partition coefficient (Wildman–Crippen LogP) is 2.54. The van der Waals surface area contributed by atoms with Gasteiger partial charge in [-0.05, 0) is 29.8 Å². The molecule has 150 valence electrons. The maximum absolute atomic E-state index is 13.1. The first-order valence-corrected chi connectivity index (χ1v) is 9.86. The highest BCUT2D eigenvalue weighted by atomic mass is 16.5. The van der Waals surface area contributed by atoms with Crippen molar-refractivity contribution in [3.8, 4) is 0 Å². The molecule has 0 aliphatic carbocycles. The molecular weight excluding hydrogens is 366 g/mol. The molecule has 2 atom stereocenters. The Bertz CT molecular complexity index is 899. The summed E-state index contributed by atoms with van der Waals surface area (Å²) in [5.74, 6) is -0.343. The molecule has 0 aromatic heterocycles. The molecule has 2 fully saturated rings. The van der Waals surface area contributed by atoms with Gasteiger partial charge in [-0.25, -0.2) is 0 Å². The van der Waals surface area contributed by atoms with E-state index >= 15 is 0 Å². The second kappa shape index (κ2) is 8.59. The van der Waals surface area contributed by atoms with Crippen molar-refractivity contribution in [2.24, 2.45) is 0 Å². The molecule has 2 amide bonds. The first-order chi connectivity index (χ1) is 14.1. The minimum atomic E-state index is -0.299. The van der Waals surface area contributed by atoms with E-state index in [0.29, 0.717) is 30.9 Å². The number of likely N-dealkylation sites (tertiary alicyclic amines) is 1. The number of carbonyl (C=O) groups excluding carboxylic acids is 2. The third kappa shape index (κ3) is 4.39. The van der Waals surface area contributed by atoms with Crippen molar-refractivity contribution in [2.45, 2.75) is 18.7 Å². The number of nitrogens with zero attached hydrogens (tertiary/aromatic N) is 2. The van der Waals surface area contributed by atoms with E-state index in [0.717, 1.165) is 13.1 Å². The number of nitrogens with one attached hydrogen (secondary N) is 1. The third-order valence-electron chi connectivity index (χ3n) is 5.49. The van der Waals surface area contributed by atoms with Gasteiger partial charge in [0.25, 0.3) is 5.91 Å². The number of morpholine rings is 1. The summed E-state index contributed by atoms with van der Waals surface area (Å²) >= 11 is 0. The Balaban J connectivity index is 1.45. The minimum absolute atomic E-state index is 0.0278. The van der Waals surface area contributed by atoms with Crippen LogP contribution in [0.3, 0.4) is 0 Å². The number of amides is 2. The lowest BCUT2D eigenvalue weighted by Gasteiger charge is -2.36. The topological polar surface area (TPSA) is 61.9 Å². The summed E-state index contributed by atoms with van der Waals surface area (Å²) in [5, 5.41) is 2.70. The van der Waals surface area contributed by atoms with Gasteiger partial charge in [0.2, 0.25) is 5.91 Å². The van der Waals surface area contributed by atoms with Gasteiger partial charge in [0.05, 0.1) is 18.8 Å². The first kappa shape index (κ1) is 19.4. The van der Waals surface area contributed by atoms with Crippen LogP contribution in [-0.4, -0.2) is 60.0 Å². The first-order valence-electron chi connectivity index (χ1n) is 9.86. The van der Waals surface area contributed by atoms with E-state index in [-0.39, 0.29) is 24.0 Å². The van der Waals surface area contributed by atoms with E-state index in [9.17, 15) is 9.59 Å². The highest BCUT2D eigenvalue weighted by Crippen LogP contribution is 2.26. The number of anilines is 1. The van der Waals surface area contributed by atoms with Crippen molar-refractivity contribution >= 4 is 17.5 Å². The minimum Gasteiger partial charge on any atom is -0.373 e. The average Bonchev–Trinajstić information content (AvgIpc) is 3.19. The van der Waals surface area contributed by atoms with Crippen LogP contribution in [0.25, 0.3) is 0 Å². The fourth-order valence-corrected chi connectivity index (χ4v) is 4.04. The molecule has 0 saturated carbocycles. The molecule has 2 saturated heterocycles. The van der Waals surface area contributed by atoms with E-state index in [1.54, 1.807) is 24.3 Å². The molecule has 2 aromatic rings. The fraction of sp³-hybridized carbons (Fsp3) is 0.304. The lowest BCUT2D eigenvalue weighted by molar-refractivity contribution is -0.111. The molecule has 0 bridgehead atoms. The van der Waals surface area contributed by atoms with Gasteiger partial charge in [-0.3, -0.25) is 14.5 Å². The standard InChI is InChI=1S/C23H25N3O3/c1-2-22(27)24-19-10-6-9-18(13-19)23(28)26-15-20-21(16-26)29-12-11-25(20)14-17-7-4-3-5-8-17/h2-10,13,20-21H,1,11-12,14-16H2,(H,24,27)/t20-,21+/m1/s1. The Morgan fingerprint density at radius 3 is 2.76 bits per heavy atom. The van der Waals surface area contributed by atoms with Crippen LogP contribution < -0.4 is 5.32 Å². The van der Waals surface area contributed by atoms with Gasteiger partial charge in [-0.2, -0.15) is 0 Å². The van der Waals surface area contributed by atoms with Crippen molar-refractivity contribution in [2.75, 3.05) is 31.6 Å². The number of ether oxygens (including phenoxy) is 1. The summed E-state index contributed by atoms with van der Waals surface area (Å²) in [7, 11) is 0. The lowest BCUT2D eigenvalue weighted by Crippen LogP contribution is -2.50. The number of hydrogen-bond donors (Lipinski definition) is 1. The summed E-state index contributed by atoms with van der Waals surface area (Å²) in [4.78, 5) is 28.9. The Morgan fingerprint density at radius 1 is 1.14 bits per heavy atom. The molecule has 2 aromatic carbocycles. The lowest BCUT2D eigenvalue weighted by atomic mass is 10.1. The van der Waals surface area contributed by atoms with E-state index < -0.39 is 0 Å². The zero-order valence-corrected chi connectivity index (χ0v) is 16.3. The number of fused-ring (bicyclic) bond motifs is 1. The summed E-state index contributed by atoms with van der Waals surface area (Å²) in [5.41, 5.74) is 2.41. The van der Waals surface area contributed by atoms with Gasteiger partial charge in [0, 0.05) is 37.4 Å². The fourth-order valence-electron chi connectivity index (χ4n) is 4.04. The molecule has 2 heterocycles. The molecular formula is C23H25N3O3. The van der Waals surface area contributed by atoms with Gasteiger partial charge in [-0.1, -0.05) is 43.0 Å². The van der Waals surface area contributed by atoms with Crippen molar-refractivity contribution < 1.29 is 14.3 Å². The van der Waals surface area contributed by atoms with Crippen LogP contribution in [0, 0.1) is 0 Å². The number of hydrogen-bond acceptors (Lipinski definition) is 4. The molecule has 2 aliphatic heterocycles. The van der Waals surface area contributed by atoms with Crippen LogP contribution in [-0.2, 0) is 16.1 Å². The van der Waals surface area contributed by atoms with Crippen molar-refractivity contribution in [1.29, 1.82) is 0 Å². The number of carbonyl (C=O) groups is 2. The number of rotatable bonds is 5. The molecule has 2 aliphatic rings. The van der Waals surface area contributed by atoms with Crippen molar-refractivity contribution in [3.05, 3.63) is 78.4 Å². The highest BCUT2D eigenvalue weighted by molar-refractivity contribution is 6.00. The maximum atomic E-state index is 13.1. The smallest absolute Gasteiger partial charge is 0.254 e. The predicted molar refractivity (Wildman–Crippen MR) is 112 cm³/mol. The van der Waals surface area contributed by atoms with Crippen LogP contribution >= 0.6 is 0 Å². The normalized spacial score (nSPS) is 21.4. The monoisotopic (exact) mass is 391 g/mol. The Kier molecular flexibility index (Phi) is 5.74. The molecule has 1 N–H and O–H groups in total. The van der Waals surface area contributed by atoms with Crippen LogP contribution in [0.4, 0.5) is 5.69 Å². The zero-order valence-electron chi connectivity index (χ0n) is 16.3. The molecule has 0 radical (unpaired) electrons. The van der Waals surface area contributed by atoms with E-state index in [1.165, 1.54) is 11.6 Å². The summed E-state index contributed by atoms with van der Waals surface area (Å²) in [6, 6.07) is 17.6. The van der Waals surface area contributed by atoms with Crippen molar-refractivity contribution in [1.82, 2.24) is 9.80 Å². The Morgan fingerprint density at radius 2 is 1.97 bits per heavy atom. The van der Waals surface area contributed by atoms with Gasteiger partial charge < -0.3 is 15.0 Å². The molecule has 6 heteroatoms. The summed E-state index contributed by atoms with van der Waals surface area (Å²) in [6.45, 7) is 7.07. The van der Waals surface area contributed by atoms with Crippen LogP contribution in [0.1, 0.15) is 15.9 Å². The third-order valence-corrected chi connectivity index (χ3v) is 5.49. The van der Waals surface area contributed by atoms with E-state index in [2.05, 4.69) is 41.1 Å². The van der Waals surface area contributed by atoms with Crippen LogP contribution in [0.2, 0.25) is 0 Å². The SMILES string of the molecule is C=CC(=O)Nc1cccc(C(=O)N2C[C@@H]3OCCN(Cc4ccccc4)[C@@H]3C2)c1. The second-order valence-corrected chi connectivity index (χ2v) is 7.42. The molecule has 29 heavy (non-hydrogen) atoms. The summed E-state index contributed by atoms with van der Waals surface area (Å²) < 4.78 is 5.97. The number of benzene rings is 2. The molecule has 4 rings (SSSR count). The quantitative estimate of drug-likeness (QED) is 0.796. The van der Waals surface area contributed by atoms with Crippen molar-refractivity contribution in [3.63, 3.8) is 0 Å². The van der Waals surface area contributed by atoms with Crippen LogP contribution in [0.15, 0.2) is 67.3 Å². The largest absolute Gasteiger partial charge is 0.373 e. The van der Waals surface area contributed by atoms with E-state index in [4.69, 9.17) is 4.74 Å². The van der Waals surface area contributed by atoms with Gasteiger partial charge in [-0.15, -0.1) is 0 Å². The van der Waals surface area contributed by atoms with Gasteiger partial charge in [0.15, 0.2) is 0 Å². The van der Waals surface area contributed by atoms with Gasteiger partial charge in [0.1, 0.15) is 0 Å². The Labute approximate surface area is 170 Å². The van der Waals surface area contributed by atoms with E-state index in [1.807, 2.05) is 11.0 Å². The van der Waals surface area contributed by atoms with Gasteiger partial charge >= 0.3 is 0 Å². The summed E-state index contributed by atoms with van der Waals surface area (Å²) in [6.07, 6.45) is 1.23. The second-order valence-electron chi connectivity index (χ2n) is 7.42. The molecule has 0 unspecified atom stereocenters. The maximum Gasteiger partial charge on any atom is 0.254 e. The van der Waals surface area contributed by atoms with Crippen LogP contribution in [0.5, 0.6) is 0 Å². The Hall–Kier alpha value is -2.96. The average molecular weight is 391 g/mol. The molecule has 0 spiro atoms. The zero-order chi connectivity index (χ0) is 20.2. The highest BCUT2D eigenvalue weighted by Gasteiger charge is 2.41.